The van der Waals surface area contributed by atoms with Crippen LogP contribution >= 0.6 is 0 Å². The van der Waals surface area contributed by atoms with Crippen LogP contribution in [-0.2, 0) is 5.92 Å². The van der Waals surface area contributed by atoms with Crippen molar-refractivity contribution in [2.45, 2.75) is 26.2 Å². The van der Waals surface area contributed by atoms with Crippen molar-refractivity contribution in [2.24, 2.45) is 0 Å². The van der Waals surface area contributed by atoms with E-state index in [9.17, 15) is 22.4 Å². The van der Waals surface area contributed by atoms with E-state index in [1.54, 1.807) is 19.9 Å². The smallest absolute Gasteiger partial charge is 0.363 e. The average Bonchev–Trinajstić information content (AvgIpc) is 2.26. The molecule has 102 valence electrons. The number of benzene rings is 1. The zero-order chi connectivity index (χ0) is 14.4. The fourth-order valence-corrected chi connectivity index (χ4v) is 1.94. The third kappa shape index (κ3) is 2.22. The molecule has 0 spiro atoms. The lowest BCUT2D eigenvalue weighted by atomic mass is 10.1. The van der Waals surface area contributed by atoms with Crippen LogP contribution < -0.4 is 5.43 Å². The van der Waals surface area contributed by atoms with E-state index in [4.69, 9.17) is 4.42 Å². The predicted molar refractivity (Wildman–Crippen MR) is 61.9 cm³/mol. The first-order chi connectivity index (χ1) is 8.73. The Balaban J connectivity index is 2.79. The lowest BCUT2D eigenvalue weighted by Crippen LogP contribution is -2.25. The fourth-order valence-electron chi connectivity index (χ4n) is 1.94. The lowest BCUT2D eigenvalue weighted by Gasteiger charge is -2.14. The molecule has 0 aliphatic heterocycles. The van der Waals surface area contributed by atoms with E-state index in [-0.39, 0.29) is 11.0 Å². The van der Waals surface area contributed by atoms with Gasteiger partial charge >= 0.3 is 12.3 Å². The molecular weight excluding hydrogens is 264 g/mol. The summed E-state index contributed by atoms with van der Waals surface area (Å²) >= 11 is 0. The zero-order valence-electron chi connectivity index (χ0n) is 10.1. The molecule has 0 N–H and O–H groups in total. The molecule has 0 aliphatic rings. The maximum atomic E-state index is 13.2. The largest absolute Gasteiger partial charge is 0.454 e. The number of alkyl halides is 4. The second-order valence-corrected chi connectivity index (χ2v) is 4.35. The van der Waals surface area contributed by atoms with Gasteiger partial charge in [0.05, 0.1) is 5.39 Å². The van der Waals surface area contributed by atoms with E-state index in [2.05, 4.69) is 0 Å². The highest BCUT2D eigenvalue weighted by Gasteiger charge is 2.46. The molecule has 0 unspecified atom stereocenters. The molecule has 0 saturated heterocycles. The number of aryl methyl sites for hydroxylation is 2. The molecule has 1 aromatic heterocycles. The molecule has 0 atom stereocenters. The number of halogens is 4. The Labute approximate surface area is 105 Å². The third-order valence-corrected chi connectivity index (χ3v) is 2.77. The van der Waals surface area contributed by atoms with Gasteiger partial charge in [-0.2, -0.15) is 8.78 Å². The van der Waals surface area contributed by atoms with Gasteiger partial charge < -0.3 is 4.42 Å². The van der Waals surface area contributed by atoms with Gasteiger partial charge in [-0.3, -0.25) is 4.79 Å². The van der Waals surface area contributed by atoms with Crippen LogP contribution in [0.2, 0.25) is 0 Å². The van der Waals surface area contributed by atoms with E-state index in [1.165, 1.54) is 6.07 Å². The Bertz CT molecular complexity index is 689. The minimum atomic E-state index is -4.48. The summed E-state index contributed by atoms with van der Waals surface area (Å²) in [5.74, 6) is -5.80. The summed E-state index contributed by atoms with van der Waals surface area (Å²) in [7, 11) is 0. The number of hydrogen-bond acceptors (Lipinski definition) is 2. The van der Waals surface area contributed by atoms with Crippen LogP contribution in [0.4, 0.5) is 17.6 Å². The third-order valence-electron chi connectivity index (χ3n) is 2.77. The molecule has 19 heavy (non-hydrogen) atoms. The highest BCUT2D eigenvalue weighted by Crippen LogP contribution is 2.35. The molecule has 2 aromatic rings. The summed E-state index contributed by atoms with van der Waals surface area (Å²) in [4.78, 5) is 11.8. The summed E-state index contributed by atoms with van der Waals surface area (Å²) < 4.78 is 55.8. The highest BCUT2D eigenvalue weighted by atomic mass is 19.3. The van der Waals surface area contributed by atoms with Crippen molar-refractivity contribution in [3.63, 3.8) is 0 Å². The van der Waals surface area contributed by atoms with Crippen molar-refractivity contribution in [3.05, 3.63) is 45.3 Å². The van der Waals surface area contributed by atoms with Crippen LogP contribution in [0.3, 0.4) is 0 Å². The predicted octanol–water partition coefficient (Wildman–Crippen LogP) is 3.77. The first kappa shape index (κ1) is 13.6. The van der Waals surface area contributed by atoms with Crippen LogP contribution in [0.5, 0.6) is 0 Å². The monoisotopic (exact) mass is 274 g/mol. The minimum Gasteiger partial charge on any atom is -0.454 e. The molecule has 1 aromatic carbocycles. The Morgan fingerprint density at radius 2 is 1.79 bits per heavy atom. The van der Waals surface area contributed by atoms with E-state index in [1.807, 2.05) is 0 Å². The lowest BCUT2D eigenvalue weighted by molar-refractivity contribution is -0.147. The Morgan fingerprint density at radius 3 is 2.37 bits per heavy atom. The van der Waals surface area contributed by atoms with Gasteiger partial charge in [-0.05, 0) is 31.0 Å². The Morgan fingerprint density at radius 1 is 1.16 bits per heavy atom. The van der Waals surface area contributed by atoms with Crippen LogP contribution in [0.25, 0.3) is 11.0 Å². The molecule has 0 amide bonds. The normalized spacial score (nSPS) is 12.4. The molecule has 0 radical (unpaired) electrons. The van der Waals surface area contributed by atoms with Gasteiger partial charge in [0.25, 0.3) is 0 Å². The molecule has 0 saturated carbocycles. The number of rotatable bonds is 2. The van der Waals surface area contributed by atoms with Crippen LogP contribution in [-0.4, -0.2) is 6.43 Å². The molecule has 2 nitrogen and oxygen atoms in total. The summed E-state index contributed by atoms with van der Waals surface area (Å²) in [6, 6.07) is 3.48. The summed E-state index contributed by atoms with van der Waals surface area (Å²) in [6.07, 6.45) is -3.93. The van der Waals surface area contributed by atoms with Crippen molar-refractivity contribution in [1.82, 2.24) is 0 Å². The maximum absolute atomic E-state index is 13.2. The fraction of sp³-hybridized carbons (Fsp3) is 0.308. The second-order valence-electron chi connectivity index (χ2n) is 4.35. The van der Waals surface area contributed by atoms with Gasteiger partial charge in [0.15, 0.2) is 11.2 Å². The average molecular weight is 274 g/mol. The van der Waals surface area contributed by atoms with Crippen molar-refractivity contribution < 1.29 is 22.0 Å². The molecule has 2 rings (SSSR count). The van der Waals surface area contributed by atoms with Crippen molar-refractivity contribution in [1.29, 1.82) is 0 Å². The summed E-state index contributed by atoms with van der Waals surface area (Å²) in [6.45, 7) is 3.31. The quantitative estimate of drug-likeness (QED) is 0.780. The molecule has 0 aliphatic carbocycles. The Hall–Kier alpha value is -1.85. The highest BCUT2D eigenvalue weighted by molar-refractivity contribution is 5.81. The van der Waals surface area contributed by atoms with Crippen molar-refractivity contribution >= 4 is 11.0 Å². The zero-order valence-corrected chi connectivity index (χ0v) is 10.1. The maximum Gasteiger partial charge on any atom is 0.363 e. The molecule has 0 bridgehead atoms. The molecular formula is C13H10F4O2. The SMILES string of the molecule is Cc1cc(C)c2c(=O)cc(C(F)(F)C(F)F)oc2c1. The molecule has 0 fully saturated rings. The Kier molecular flexibility index (Phi) is 3.12. The van der Waals surface area contributed by atoms with E-state index < -0.39 is 23.5 Å². The van der Waals surface area contributed by atoms with E-state index >= 15 is 0 Å². The standard InChI is InChI=1S/C13H10F4O2/c1-6-3-7(2)11-8(18)5-10(19-9(11)4-6)13(16,17)12(14)15/h3-5,12H,1-2H3. The number of fused-ring (bicyclic) bond motifs is 1. The second kappa shape index (κ2) is 4.36. The van der Waals surface area contributed by atoms with Crippen molar-refractivity contribution in [2.75, 3.05) is 0 Å². The first-order valence-corrected chi connectivity index (χ1v) is 5.45. The number of hydrogen-bond donors (Lipinski definition) is 0. The van der Waals surface area contributed by atoms with Gasteiger partial charge in [-0.25, -0.2) is 8.78 Å². The van der Waals surface area contributed by atoms with E-state index in [0.717, 1.165) is 0 Å². The summed E-state index contributed by atoms with van der Waals surface area (Å²) in [5, 5.41) is 0.124. The van der Waals surface area contributed by atoms with Gasteiger partial charge in [0.2, 0.25) is 0 Å². The molecule has 1 heterocycles. The van der Waals surface area contributed by atoms with Crippen molar-refractivity contribution in [3.8, 4) is 0 Å². The summed E-state index contributed by atoms with van der Waals surface area (Å²) in [5.41, 5.74) is 0.371. The van der Waals surface area contributed by atoms with Gasteiger partial charge in [0, 0.05) is 6.07 Å². The van der Waals surface area contributed by atoms with Gasteiger partial charge in [0.1, 0.15) is 5.58 Å². The first-order valence-electron chi connectivity index (χ1n) is 5.45. The van der Waals surface area contributed by atoms with Gasteiger partial charge in [-0.15, -0.1) is 0 Å². The van der Waals surface area contributed by atoms with Crippen LogP contribution in [0.1, 0.15) is 16.9 Å². The van der Waals surface area contributed by atoms with E-state index in [0.29, 0.717) is 17.2 Å². The minimum absolute atomic E-state index is 0.111. The van der Waals surface area contributed by atoms with Crippen LogP contribution in [0.15, 0.2) is 27.4 Å². The van der Waals surface area contributed by atoms with Gasteiger partial charge in [-0.1, -0.05) is 6.07 Å². The van der Waals surface area contributed by atoms with Crippen LogP contribution in [0, 0.1) is 13.8 Å². The topological polar surface area (TPSA) is 30.2 Å². The molecule has 6 heteroatoms.